The molecule has 0 unspecified atom stereocenters. The number of anilines is 1. The number of para-hydroxylation sites is 1. The Morgan fingerprint density at radius 3 is 2.81 bits per heavy atom. The predicted octanol–water partition coefficient (Wildman–Crippen LogP) is 3.84. The number of thioether (sulfide) groups is 1. The number of rotatable bonds is 7. The molecule has 0 atom stereocenters. The van der Waals surface area contributed by atoms with Crippen molar-refractivity contribution in [3.63, 3.8) is 0 Å². The van der Waals surface area contributed by atoms with Crippen LogP contribution in [0.2, 0.25) is 0 Å². The number of benzene rings is 2. The Hall–Kier alpha value is -2.87. The lowest BCUT2D eigenvalue weighted by molar-refractivity contribution is -0.114. The maximum Gasteiger partial charge on any atom is 0.221 e. The lowest BCUT2D eigenvalue weighted by Crippen LogP contribution is -2.07. The first-order chi connectivity index (χ1) is 13.0. The number of ether oxygens (including phenoxy) is 1. The fourth-order valence-corrected chi connectivity index (χ4v) is 3.32. The van der Waals surface area contributed by atoms with E-state index in [0.717, 1.165) is 11.5 Å². The minimum absolute atomic E-state index is 0.132. The summed E-state index contributed by atoms with van der Waals surface area (Å²) in [7, 11) is 0. The molecule has 1 aromatic heterocycles. The summed E-state index contributed by atoms with van der Waals surface area (Å²) in [5.41, 5.74) is 1.55. The number of hydrogen-bond acceptors (Lipinski definition) is 5. The lowest BCUT2D eigenvalue weighted by atomic mass is 10.2. The topological polar surface area (TPSA) is 69.0 Å². The van der Waals surface area contributed by atoms with Crippen molar-refractivity contribution in [2.24, 2.45) is 0 Å². The zero-order valence-corrected chi connectivity index (χ0v) is 15.8. The third-order valence-corrected chi connectivity index (χ3v) is 4.52. The fourth-order valence-electron chi connectivity index (χ4n) is 2.51. The molecule has 3 aromatic rings. The van der Waals surface area contributed by atoms with Gasteiger partial charge in [-0.25, -0.2) is 4.39 Å². The van der Waals surface area contributed by atoms with E-state index in [-0.39, 0.29) is 17.5 Å². The number of hydrogen-bond donors (Lipinski definition) is 1. The molecule has 0 spiro atoms. The van der Waals surface area contributed by atoms with Gasteiger partial charge in [-0.1, -0.05) is 30.0 Å². The van der Waals surface area contributed by atoms with E-state index in [0.29, 0.717) is 23.2 Å². The van der Waals surface area contributed by atoms with Crippen molar-refractivity contribution < 1.29 is 13.9 Å². The first-order valence-electron chi connectivity index (χ1n) is 8.35. The fraction of sp³-hybridized carbons (Fsp3) is 0.211. The van der Waals surface area contributed by atoms with Crippen molar-refractivity contribution >= 4 is 23.4 Å². The summed E-state index contributed by atoms with van der Waals surface area (Å²) in [5, 5.41) is 11.8. The Balaban J connectivity index is 1.68. The molecule has 1 amide bonds. The van der Waals surface area contributed by atoms with Crippen LogP contribution in [-0.2, 0) is 4.79 Å². The van der Waals surface area contributed by atoms with Gasteiger partial charge in [0.25, 0.3) is 0 Å². The van der Waals surface area contributed by atoms with E-state index in [2.05, 4.69) is 15.5 Å². The number of carbonyl (C=O) groups is 1. The third-order valence-electron chi connectivity index (χ3n) is 3.63. The molecule has 0 saturated carbocycles. The van der Waals surface area contributed by atoms with Gasteiger partial charge >= 0.3 is 0 Å². The molecule has 3 rings (SSSR count). The summed E-state index contributed by atoms with van der Waals surface area (Å²) in [6.07, 6.45) is 0. The van der Waals surface area contributed by atoms with E-state index in [4.69, 9.17) is 4.74 Å². The third kappa shape index (κ3) is 4.85. The van der Waals surface area contributed by atoms with Crippen LogP contribution < -0.4 is 10.1 Å². The number of amides is 1. The normalized spacial score (nSPS) is 10.6. The average molecular weight is 386 g/mol. The van der Waals surface area contributed by atoms with Gasteiger partial charge in [-0.15, -0.1) is 10.2 Å². The largest absolute Gasteiger partial charge is 0.490 e. The van der Waals surface area contributed by atoms with E-state index in [1.54, 1.807) is 18.2 Å². The van der Waals surface area contributed by atoms with Crippen LogP contribution in [0.15, 0.2) is 53.7 Å². The van der Waals surface area contributed by atoms with Gasteiger partial charge in [-0.3, -0.25) is 9.36 Å². The van der Waals surface area contributed by atoms with E-state index < -0.39 is 0 Å². The molecular weight excluding hydrogens is 367 g/mol. The Morgan fingerprint density at radius 2 is 2.04 bits per heavy atom. The summed E-state index contributed by atoms with van der Waals surface area (Å²) in [6, 6.07) is 13.8. The van der Waals surface area contributed by atoms with Gasteiger partial charge in [0.15, 0.2) is 16.7 Å². The zero-order valence-electron chi connectivity index (χ0n) is 15.0. The highest BCUT2D eigenvalue weighted by Gasteiger charge is 2.12. The zero-order chi connectivity index (χ0) is 19.2. The minimum atomic E-state index is -0.378. The Bertz CT molecular complexity index is 945. The van der Waals surface area contributed by atoms with Gasteiger partial charge < -0.3 is 10.1 Å². The molecule has 27 heavy (non-hydrogen) atoms. The van der Waals surface area contributed by atoms with Crippen molar-refractivity contribution in [2.75, 3.05) is 17.7 Å². The maximum absolute atomic E-state index is 13.6. The molecule has 0 radical (unpaired) electrons. The first kappa shape index (κ1) is 18.9. The standard InChI is InChI=1S/C19H19FN4O2S/c1-13-22-23-19(27-11-10-26-18-9-4-3-8-17(18)20)24(13)16-7-5-6-15(12-16)21-14(2)25/h3-9,12H,10-11H2,1-2H3,(H,21,25). The highest BCUT2D eigenvalue weighted by molar-refractivity contribution is 7.99. The molecule has 0 fully saturated rings. The SMILES string of the molecule is CC(=O)Nc1cccc(-n2c(C)nnc2SCCOc2ccccc2F)c1. The van der Waals surface area contributed by atoms with Crippen LogP contribution in [0.5, 0.6) is 5.75 Å². The van der Waals surface area contributed by atoms with Gasteiger partial charge in [-0.2, -0.15) is 0 Å². The molecule has 140 valence electrons. The van der Waals surface area contributed by atoms with Crippen LogP contribution >= 0.6 is 11.8 Å². The molecule has 0 aliphatic carbocycles. The van der Waals surface area contributed by atoms with Crippen LogP contribution in [0, 0.1) is 12.7 Å². The second-order valence-corrected chi connectivity index (χ2v) is 6.79. The molecule has 2 aromatic carbocycles. The van der Waals surface area contributed by atoms with Crippen molar-refractivity contribution in [1.29, 1.82) is 0 Å². The summed E-state index contributed by atoms with van der Waals surface area (Å²) in [5.74, 6) is 1.03. The molecule has 0 aliphatic heterocycles. The molecule has 0 bridgehead atoms. The summed E-state index contributed by atoms with van der Waals surface area (Å²) in [4.78, 5) is 11.3. The number of carbonyl (C=O) groups excluding carboxylic acids is 1. The van der Waals surface area contributed by atoms with Gasteiger partial charge in [0.1, 0.15) is 5.82 Å². The monoisotopic (exact) mass is 386 g/mol. The number of aromatic nitrogens is 3. The van der Waals surface area contributed by atoms with Crippen LogP contribution in [0.4, 0.5) is 10.1 Å². The quantitative estimate of drug-likeness (QED) is 0.493. The Kier molecular flexibility index (Phi) is 6.08. The number of halogens is 1. The van der Waals surface area contributed by atoms with Crippen molar-refractivity contribution in [2.45, 2.75) is 19.0 Å². The number of aryl methyl sites for hydroxylation is 1. The van der Waals surface area contributed by atoms with E-state index in [1.807, 2.05) is 35.8 Å². The summed E-state index contributed by atoms with van der Waals surface area (Å²) >= 11 is 1.46. The van der Waals surface area contributed by atoms with Gasteiger partial charge in [-0.05, 0) is 37.3 Å². The predicted molar refractivity (Wildman–Crippen MR) is 103 cm³/mol. The van der Waals surface area contributed by atoms with Crippen molar-refractivity contribution in [3.05, 3.63) is 60.2 Å². The van der Waals surface area contributed by atoms with Crippen LogP contribution in [0.1, 0.15) is 12.7 Å². The smallest absolute Gasteiger partial charge is 0.221 e. The molecule has 0 saturated heterocycles. The minimum Gasteiger partial charge on any atom is -0.490 e. The number of nitrogens with zero attached hydrogens (tertiary/aromatic N) is 3. The van der Waals surface area contributed by atoms with Crippen LogP contribution in [0.25, 0.3) is 5.69 Å². The van der Waals surface area contributed by atoms with Gasteiger partial charge in [0.05, 0.1) is 12.3 Å². The highest BCUT2D eigenvalue weighted by Crippen LogP contribution is 2.24. The van der Waals surface area contributed by atoms with Crippen molar-refractivity contribution in [1.82, 2.24) is 14.8 Å². The molecule has 6 nitrogen and oxygen atoms in total. The van der Waals surface area contributed by atoms with Gasteiger partial charge in [0, 0.05) is 18.4 Å². The maximum atomic E-state index is 13.6. The lowest BCUT2D eigenvalue weighted by Gasteiger charge is -2.11. The van der Waals surface area contributed by atoms with E-state index in [9.17, 15) is 9.18 Å². The van der Waals surface area contributed by atoms with Crippen LogP contribution in [0.3, 0.4) is 0 Å². The Morgan fingerprint density at radius 1 is 1.22 bits per heavy atom. The highest BCUT2D eigenvalue weighted by atomic mass is 32.2. The van der Waals surface area contributed by atoms with Crippen LogP contribution in [-0.4, -0.2) is 33.0 Å². The van der Waals surface area contributed by atoms with E-state index >= 15 is 0 Å². The molecule has 0 aliphatic rings. The second kappa shape index (κ2) is 8.68. The van der Waals surface area contributed by atoms with Crippen molar-refractivity contribution in [3.8, 4) is 11.4 Å². The second-order valence-electron chi connectivity index (χ2n) is 5.72. The first-order valence-corrected chi connectivity index (χ1v) is 9.33. The average Bonchev–Trinajstić information content (AvgIpc) is 3.00. The Labute approximate surface area is 160 Å². The molecule has 1 N–H and O–H groups in total. The number of nitrogens with one attached hydrogen (secondary N) is 1. The molecule has 8 heteroatoms. The van der Waals surface area contributed by atoms with Gasteiger partial charge in [0.2, 0.25) is 5.91 Å². The summed E-state index contributed by atoms with van der Waals surface area (Å²) < 4.78 is 20.9. The molecular formula is C19H19FN4O2S. The molecule has 1 heterocycles. The summed E-state index contributed by atoms with van der Waals surface area (Å²) in [6.45, 7) is 3.66. The van der Waals surface area contributed by atoms with E-state index in [1.165, 1.54) is 24.8 Å².